The van der Waals surface area contributed by atoms with Crippen LogP contribution >= 0.6 is 15.2 Å². The summed E-state index contributed by atoms with van der Waals surface area (Å²) in [5.41, 5.74) is 4.45. The minimum absolute atomic E-state index is 0.207. The molecule has 0 fully saturated rings. The Bertz CT molecular complexity index is 468. The van der Waals surface area contributed by atoms with E-state index >= 15 is 0 Å². The quantitative estimate of drug-likeness (QED) is 0.395. The minimum atomic E-state index is -4.20. The van der Waals surface area contributed by atoms with Gasteiger partial charge in [0.15, 0.2) is 0 Å². The van der Waals surface area contributed by atoms with Crippen molar-refractivity contribution in [2.24, 2.45) is 11.7 Å². The molecule has 0 atom stereocenters. The van der Waals surface area contributed by atoms with Crippen molar-refractivity contribution in [3.05, 3.63) is 0 Å². The normalized spacial score (nSPS) is 11.6. The molecular weight excluding hydrogens is 362 g/mol. The number of carbonyl (C=O) groups is 2. The molecule has 0 aliphatic rings. The molecule has 0 aromatic heterocycles. The molecule has 24 heavy (non-hydrogen) atoms. The van der Waals surface area contributed by atoms with Crippen molar-refractivity contribution in [1.82, 2.24) is 5.32 Å². The van der Waals surface area contributed by atoms with Crippen LogP contribution < -0.4 is 11.1 Å². The molecule has 0 unspecified atom stereocenters. The Morgan fingerprint density at radius 1 is 1.08 bits per heavy atom. The second kappa shape index (κ2) is 12.6. The average molecular weight is 390 g/mol. The van der Waals surface area contributed by atoms with Gasteiger partial charge in [0, 0.05) is 6.54 Å². The summed E-state index contributed by atoms with van der Waals surface area (Å²) in [6.45, 7) is 8.53. The second-order valence-corrected chi connectivity index (χ2v) is 8.79. The van der Waals surface area contributed by atoms with Gasteiger partial charge in [-0.25, -0.2) is 0 Å². The monoisotopic (exact) mass is 390 g/mol. The molecule has 0 spiro atoms. The molecule has 0 heterocycles. The van der Waals surface area contributed by atoms with Gasteiger partial charge in [-0.15, -0.1) is 0 Å². The molecule has 2 amide bonds. The molecule has 0 saturated heterocycles. The van der Waals surface area contributed by atoms with Crippen LogP contribution in [0.5, 0.6) is 0 Å². The van der Waals surface area contributed by atoms with Crippen molar-refractivity contribution in [2.75, 3.05) is 32.1 Å². The Morgan fingerprint density at radius 2 is 1.54 bits per heavy atom. The SMILES string of the molecule is CCOP(=O)(CC(=O)NCC(C)C)OCC.NC(=O)CP(=O)(O)O. The fourth-order valence-corrected chi connectivity index (χ4v) is 3.19. The first kappa shape index (κ1) is 25.5. The Hall–Kier alpha value is -0.760. The van der Waals surface area contributed by atoms with Gasteiger partial charge in [0.2, 0.25) is 11.8 Å². The van der Waals surface area contributed by atoms with E-state index < -0.39 is 27.3 Å². The molecule has 0 rings (SSSR count). The van der Waals surface area contributed by atoms with E-state index in [9.17, 15) is 18.7 Å². The Kier molecular flexibility index (Phi) is 13.4. The lowest BCUT2D eigenvalue weighted by Crippen LogP contribution is -2.30. The Morgan fingerprint density at radius 3 is 1.79 bits per heavy atom. The highest BCUT2D eigenvalue weighted by Crippen LogP contribution is 2.47. The highest BCUT2D eigenvalue weighted by Gasteiger charge is 2.27. The van der Waals surface area contributed by atoms with Crippen LogP contribution in [0.4, 0.5) is 0 Å². The number of nitrogens with two attached hydrogens (primary N) is 1. The first-order valence-electron chi connectivity index (χ1n) is 7.32. The summed E-state index contributed by atoms with van der Waals surface area (Å²) in [5, 5.41) is 2.68. The van der Waals surface area contributed by atoms with Crippen LogP contribution in [0.1, 0.15) is 27.7 Å². The molecule has 0 aliphatic heterocycles. The maximum absolute atomic E-state index is 12.0. The molecule has 0 aliphatic carbocycles. The molecule has 12 heteroatoms. The van der Waals surface area contributed by atoms with Crippen LogP contribution in [-0.4, -0.2) is 53.7 Å². The van der Waals surface area contributed by atoms with Crippen LogP contribution in [0.15, 0.2) is 0 Å². The van der Waals surface area contributed by atoms with Gasteiger partial charge in [-0.1, -0.05) is 13.8 Å². The van der Waals surface area contributed by atoms with Crippen LogP contribution in [0.2, 0.25) is 0 Å². The van der Waals surface area contributed by atoms with Gasteiger partial charge >= 0.3 is 15.2 Å². The molecule has 144 valence electrons. The van der Waals surface area contributed by atoms with E-state index in [0.29, 0.717) is 12.5 Å². The Labute approximate surface area is 142 Å². The van der Waals surface area contributed by atoms with Crippen LogP contribution in [0, 0.1) is 5.92 Å². The van der Waals surface area contributed by atoms with Gasteiger partial charge < -0.3 is 29.9 Å². The summed E-state index contributed by atoms with van der Waals surface area (Å²) in [7, 11) is -7.44. The third-order valence-corrected chi connectivity index (χ3v) is 4.76. The third kappa shape index (κ3) is 17.6. The van der Waals surface area contributed by atoms with Crippen molar-refractivity contribution >= 4 is 27.0 Å². The zero-order chi connectivity index (χ0) is 19.4. The molecule has 0 aromatic rings. The van der Waals surface area contributed by atoms with E-state index in [1.807, 2.05) is 13.8 Å². The summed E-state index contributed by atoms with van der Waals surface area (Å²) < 4.78 is 31.8. The predicted molar refractivity (Wildman–Crippen MR) is 89.7 cm³/mol. The number of hydrogen-bond acceptors (Lipinski definition) is 6. The molecule has 10 nitrogen and oxygen atoms in total. The van der Waals surface area contributed by atoms with Gasteiger partial charge in [-0.05, 0) is 19.8 Å². The number of amides is 2. The molecular formula is C12H28N2O8P2. The third-order valence-electron chi connectivity index (χ3n) is 2.06. The van der Waals surface area contributed by atoms with Crippen molar-refractivity contribution in [2.45, 2.75) is 27.7 Å². The van der Waals surface area contributed by atoms with E-state index in [1.54, 1.807) is 13.8 Å². The smallest absolute Gasteiger partial charge is 0.340 e. The second-order valence-electron chi connectivity index (χ2n) is 5.09. The van der Waals surface area contributed by atoms with Crippen molar-refractivity contribution < 1.29 is 37.6 Å². The molecule has 0 aromatic carbocycles. The van der Waals surface area contributed by atoms with Crippen molar-refractivity contribution in [3.63, 3.8) is 0 Å². The zero-order valence-electron chi connectivity index (χ0n) is 14.4. The minimum Gasteiger partial charge on any atom is -0.369 e. The van der Waals surface area contributed by atoms with E-state index in [1.165, 1.54) is 0 Å². The molecule has 5 N–H and O–H groups in total. The summed E-state index contributed by atoms with van der Waals surface area (Å²) in [5.74, 6) is -0.917. The maximum Gasteiger partial charge on any atom is 0.340 e. The summed E-state index contributed by atoms with van der Waals surface area (Å²) in [4.78, 5) is 37.2. The van der Waals surface area contributed by atoms with Gasteiger partial charge in [0.25, 0.3) is 0 Å². The van der Waals surface area contributed by atoms with Gasteiger partial charge in [-0.3, -0.25) is 18.7 Å². The highest BCUT2D eigenvalue weighted by atomic mass is 31.2. The van der Waals surface area contributed by atoms with Gasteiger partial charge in [-0.2, -0.15) is 0 Å². The number of hydrogen-bond donors (Lipinski definition) is 4. The maximum atomic E-state index is 12.0. The van der Waals surface area contributed by atoms with Crippen LogP contribution in [0.3, 0.4) is 0 Å². The summed E-state index contributed by atoms with van der Waals surface area (Å²) >= 11 is 0. The van der Waals surface area contributed by atoms with Gasteiger partial charge in [0.1, 0.15) is 12.3 Å². The topological polar surface area (TPSA) is 165 Å². The lowest BCUT2D eigenvalue weighted by Gasteiger charge is -2.16. The summed E-state index contributed by atoms with van der Waals surface area (Å²) in [6.07, 6.45) is -1.07. The van der Waals surface area contributed by atoms with E-state index in [-0.39, 0.29) is 25.3 Å². The first-order valence-corrected chi connectivity index (χ1v) is 10.9. The number of rotatable bonds is 10. The predicted octanol–water partition coefficient (Wildman–Crippen LogP) is 0.674. The first-order chi connectivity index (χ1) is 10.8. The van der Waals surface area contributed by atoms with E-state index in [0.717, 1.165) is 0 Å². The Balaban J connectivity index is 0. The van der Waals surface area contributed by atoms with Crippen molar-refractivity contribution in [3.8, 4) is 0 Å². The largest absolute Gasteiger partial charge is 0.369 e. The van der Waals surface area contributed by atoms with Crippen molar-refractivity contribution in [1.29, 1.82) is 0 Å². The fourth-order valence-electron chi connectivity index (χ4n) is 1.27. The molecule has 0 bridgehead atoms. The lowest BCUT2D eigenvalue weighted by molar-refractivity contribution is -0.119. The van der Waals surface area contributed by atoms with Gasteiger partial charge in [0.05, 0.1) is 13.2 Å². The standard InChI is InChI=1S/C10H22NO4P.C2H6NO4P/c1-5-14-16(13,15-6-2)8-10(12)11-7-9(3)4;3-2(4)1-8(5,6)7/h9H,5-8H2,1-4H3,(H,11,12);1H2,(H2,3,4)(H2,5,6,7). The molecule has 0 saturated carbocycles. The van der Waals surface area contributed by atoms with E-state index in [4.69, 9.17) is 18.8 Å². The average Bonchev–Trinajstić information content (AvgIpc) is 2.34. The zero-order valence-corrected chi connectivity index (χ0v) is 16.2. The summed E-state index contributed by atoms with van der Waals surface area (Å²) in [6, 6.07) is 0. The number of carbonyl (C=O) groups excluding carboxylic acids is 2. The lowest BCUT2D eigenvalue weighted by atomic mass is 10.2. The van der Waals surface area contributed by atoms with Crippen LogP contribution in [0.25, 0.3) is 0 Å². The fraction of sp³-hybridized carbons (Fsp3) is 0.833. The number of primary amides is 1. The molecule has 0 radical (unpaired) electrons. The van der Waals surface area contributed by atoms with E-state index in [2.05, 4.69) is 11.1 Å². The highest BCUT2D eigenvalue weighted by molar-refractivity contribution is 7.54. The number of nitrogens with one attached hydrogen (secondary N) is 1. The van der Waals surface area contributed by atoms with Crippen LogP contribution in [-0.2, 0) is 27.8 Å².